The standard InChI is InChI=1S/C20H24FN3O5/c1-13(17(26)22-12-14-4-6-15(21)7-5-14)29-16(25)8-11-24-18(27)20(23-19(24)28)9-2-3-10-20/h4-7,13H,2-3,8-12H2,1H3,(H,22,26)(H,23,28)/t13-/m1/s1. The van der Waals surface area contributed by atoms with Gasteiger partial charge in [0.1, 0.15) is 11.4 Å². The van der Waals surface area contributed by atoms with Gasteiger partial charge in [-0.2, -0.15) is 0 Å². The van der Waals surface area contributed by atoms with E-state index in [1.54, 1.807) is 12.1 Å². The number of nitrogens with zero attached hydrogens (tertiary/aromatic N) is 1. The maximum Gasteiger partial charge on any atom is 0.325 e. The normalized spacial score (nSPS) is 18.6. The van der Waals surface area contributed by atoms with Crippen LogP contribution < -0.4 is 10.6 Å². The van der Waals surface area contributed by atoms with E-state index in [4.69, 9.17) is 4.74 Å². The Bertz CT molecular complexity index is 805. The molecule has 0 bridgehead atoms. The number of imide groups is 1. The van der Waals surface area contributed by atoms with Gasteiger partial charge >= 0.3 is 12.0 Å². The number of carbonyl (C=O) groups excluding carboxylic acids is 4. The monoisotopic (exact) mass is 405 g/mol. The Labute approximate surface area is 167 Å². The summed E-state index contributed by atoms with van der Waals surface area (Å²) in [5, 5.41) is 5.35. The second kappa shape index (κ2) is 8.59. The number of amides is 4. The lowest BCUT2D eigenvalue weighted by molar-refractivity contribution is -0.155. The molecule has 2 N–H and O–H groups in total. The van der Waals surface area contributed by atoms with Crippen LogP contribution in [0.3, 0.4) is 0 Å². The Kier molecular flexibility index (Phi) is 6.14. The zero-order chi connectivity index (χ0) is 21.0. The predicted molar refractivity (Wildman–Crippen MR) is 99.9 cm³/mol. The third-order valence-corrected chi connectivity index (χ3v) is 5.30. The molecule has 1 saturated heterocycles. The Morgan fingerprint density at radius 1 is 1.24 bits per heavy atom. The Morgan fingerprint density at radius 2 is 1.90 bits per heavy atom. The largest absolute Gasteiger partial charge is 0.452 e. The van der Waals surface area contributed by atoms with Crippen LogP contribution in [-0.4, -0.2) is 46.9 Å². The molecule has 1 aliphatic heterocycles. The highest BCUT2D eigenvalue weighted by Gasteiger charge is 2.52. The van der Waals surface area contributed by atoms with Crippen LogP contribution in [0.5, 0.6) is 0 Å². The summed E-state index contributed by atoms with van der Waals surface area (Å²) in [5.41, 5.74) is -0.105. The van der Waals surface area contributed by atoms with E-state index in [0.29, 0.717) is 18.4 Å². The third-order valence-electron chi connectivity index (χ3n) is 5.30. The molecular formula is C20H24FN3O5. The molecule has 3 rings (SSSR count). The summed E-state index contributed by atoms with van der Waals surface area (Å²) in [6, 6.07) is 5.17. The van der Waals surface area contributed by atoms with Crippen LogP contribution in [0.1, 0.15) is 44.6 Å². The van der Waals surface area contributed by atoms with Gasteiger partial charge in [0, 0.05) is 13.1 Å². The highest BCUT2D eigenvalue weighted by atomic mass is 19.1. The van der Waals surface area contributed by atoms with Gasteiger partial charge < -0.3 is 15.4 Å². The number of nitrogens with one attached hydrogen (secondary N) is 2. The second-order valence-electron chi connectivity index (χ2n) is 7.40. The van der Waals surface area contributed by atoms with Crippen LogP contribution in [0, 0.1) is 5.82 Å². The Balaban J connectivity index is 1.42. The molecule has 9 heteroatoms. The molecule has 2 fully saturated rings. The van der Waals surface area contributed by atoms with Gasteiger partial charge in [-0.15, -0.1) is 0 Å². The van der Waals surface area contributed by atoms with Crippen molar-refractivity contribution in [3.8, 4) is 0 Å². The van der Waals surface area contributed by atoms with Gasteiger partial charge in [0.2, 0.25) is 0 Å². The van der Waals surface area contributed by atoms with Crippen LogP contribution in [0.4, 0.5) is 9.18 Å². The van der Waals surface area contributed by atoms with Gasteiger partial charge in [-0.05, 0) is 37.5 Å². The first kappa shape index (κ1) is 20.8. The van der Waals surface area contributed by atoms with E-state index in [2.05, 4.69) is 10.6 Å². The summed E-state index contributed by atoms with van der Waals surface area (Å²) in [6.07, 6.45) is 1.77. The summed E-state index contributed by atoms with van der Waals surface area (Å²) >= 11 is 0. The SMILES string of the molecule is C[C@@H](OC(=O)CCN1C(=O)NC2(CCCC2)C1=O)C(=O)NCc1ccc(F)cc1. The second-order valence-corrected chi connectivity index (χ2v) is 7.40. The zero-order valence-corrected chi connectivity index (χ0v) is 16.2. The van der Waals surface area contributed by atoms with Gasteiger partial charge in [0.25, 0.3) is 11.8 Å². The number of esters is 1. The average molecular weight is 405 g/mol. The van der Waals surface area contributed by atoms with Gasteiger partial charge in [0.15, 0.2) is 6.10 Å². The maximum atomic E-state index is 12.9. The number of halogens is 1. The molecule has 0 unspecified atom stereocenters. The van der Waals surface area contributed by atoms with Crippen molar-refractivity contribution in [3.63, 3.8) is 0 Å². The zero-order valence-electron chi connectivity index (χ0n) is 16.2. The third kappa shape index (κ3) is 4.72. The van der Waals surface area contributed by atoms with Crippen LogP contribution in [-0.2, 0) is 25.7 Å². The van der Waals surface area contributed by atoms with E-state index in [1.165, 1.54) is 19.1 Å². The number of benzene rings is 1. The van der Waals surface area contributed by atoms with E-state index in [0.717, 1.165) is 17.7 Å². The Morgan fingerprint density at radius 3 is 2.55 bits per heavy atom. The van der Waals surface area contributed by atoms with Crippen LogP contribution in [0.25, 0.3) is 0 Å². The van der Waals surface area contributed by atoms with Crippen molar-refractivity contribution in [3.05, 3.63) is 35.6 Å². The van der Waals surface area contributed by atoms with Crippen molar-refractivity contribution in [1.82, 2.24) is 15.5 Å². The van der Waals surface area contributed by atoms with Gasteiger partial charge in [0.05, 0.1) is 6.42 Å². The van der Waals surface area contributed by atoms with E-state index < -0.39 is 29.6 Å². The summed E-state index contributed by atoms with van der Waals surface area (Å²) in [7, 11) is 0. The smallest absolute Gasteiger partial charge is 0.325 e. The lowest BCUT2D eigenvalue weighted by Crippen LogP contribution is -2.44. The number of hydrogen-bond donors (Lipinski definition) is 2. The highest BCUT2D eigenvalue weighted by molar-refractivity contribution is 6.07. The van der Waals surface area contributed by atoms with Crippen LogP contribution >= 0.6 is 0 Å². The average Bonchev–Trinajstić information content (AvgIpc) is 3.25. The minimum atomic E-state index is -1.03. The number of carbonyl (C=O) groups is 4. The fourth-order valence-electron chi connectivity index (χ4n) is 3.64. The van der Waals surface area contributed by atoms with Crippen molar-refractivity contribution in [2.24, 2.45) is 0 Å². The van der Waals surface area contributed by atoms with Crippen molar-refractivity contribution in [2.75, 3.05) is 6.54 Å². The number of ether oxygens (including phenoxy) is 1. The summed E-state index contributed by atoms with van der Waals surface area (Å²) < 4.78 is 18.0. The molecule has 1 spiro atoms. The molecule has 1 aliphatic carbocycles. The quantitative estimate of drug-likeness (QED) is 0.530. The number of urea groups is 1. The van der Waals surface area contributed by atoms with E-state index >= 15 is 0 Å². The topological polar surface area (TPSA) is 105 Å². The molecule has 1 aromatic carbocycles. The van der Waals surface area contributed by atoms with E-state index in [-0.39, 0.29) is 31.2 Å². The first-order valence-electron chi connectivity index (χ1n) is 9.66. The molecule has 8 nitrogen and oxygen atoms in total. The Hall–Kier alpha value is -2.97. The molecule has 0 radical (unpaired) electrons. The molecule has 29 heavy (non-hydrogen) atoms. The molecule has 156 valence electrons. The predicted octanol–water partition coefficient (Wildman–Crippen LogP) is 1.63. The molecule has 1 saturated carbocycles. The van der Waals surface area contributed by atoms with E-state index in [9.17, 15) is 23.6 Å². The molecule has 1 heterocycles. The molecular weight excluding hydrogens is 381 g/mol. The number of rotatable bonds is 7. The minimum Gasteiger partial charge on any atom is -0.452 e. The van der Waals surface area contributed by atoms with Crippen molar-refractivity contribution in [2.45, 2.75) is 57.2 Å². The van der Waals surface area contributed by atoms with E-state index in [1.807, 2.05) is 0 Å². The van der Waals surface area contributed by atoms with Crippen molar-refractivity contribution < 1.29 is 28.3 Å². The van der Waals surface area contributed by atoms with Gasteiger partial charge in [-0.25, -0.2) is 9.18 Å². The number of hydrogen-bond acceptors (Lipinski definition) is 5. The van der Waals surface area contributed by atoms with Gasteiger partial charge in [-0.3, -0.25) is 19.3 Å². The molecule has 4 amide bonds. The van der Waals surface area contributed by atoms with Crippen LogP contribution in [0.15, 0.2) is 24.3 Å². The first-order chi connectivity index (χ1) is 13.8. The highest BCUT2D eigenvalue weighted by Crippen LogP contribution is 2.35. The van der Waals surface area contributed by atoms with Crippen LogP contribution in [0.2, 0.25) is 0 Å². The molecule has 1 atom stereocenters. The summed E-state index contributed by atoms with van der Waals surface area (Å²) in [6.45, 7) is 1.51. The maximum absolute atomic E-state index is 12.9. The lowest BCUT2D eigenvalue weighted by Gasteiger charge is -2.20. The van der Waals surface area contributed by atoms with Gasteiger partial charge in [-0.1, -0.05) is 25.0 Å². The summed E-state index contributed by atoms with van der Waals surface area (Å²) in [4.78, 5) is 49.8. The minimum absolute atomic E-state index is 0.0881. The molecule has 0 aromatic heterocycles. The fourth-order valence-corrected chi connectivity index (χ4v) is 3.64. The van der Waals surface area contributed by atoms with Crippen molar-refractivity contribution >= 4 is 23.8 Å². The molecule has 1 aromatic rings. The van der Waals surface area contributed by atoms with Crippen molar-refractivity contribution in [1.29, 1.82) is 0 Å². The lowest BCUT2D eigenvalue weighted by atomic mass is 9.98. The molecule has 2 aliphatic rings. The fraction of sp³-hybridized carbons (Fsp3) is 0.500. The summed E-state index contributed by atoms with van der Waals surface area (Å²) in [5.74, 6) is -1.84. The first-order valence-corrected chi connectivity index (χ1v) is 9.66.